The molecule has 1 atom stereocenters. The zero-order valence-corrected chi connectivity index (χ0v) is 29.3. The summed E-state index contributed by atoms with van der Waals surface area (Å²) in [6.07, 6.45) is 12.1. The van der Waals surface area contributed by atoms with Gasteiger partial charge in [-0.3, -0.25) is 4.99 Å². The molecule has 11 rings (SSSR count). The SMILES string of the molecule is C1=CCCC(C2=NC(c3ccc4ccccc4c3)=CC(c3ccc(-n4c5ccc6ccccc6c5c5c6ccccc6ccc54)c4ccccc34)C2)=C1. The van der Waals surface area contributed by atoms with Crippen LogP contribution in [-0.4, -0.2) is 10.3 Å². The van der Waals surface area contributed by atoms with Crippen molar-refractivity contribution in [2.75, 3.05) is 0 Å². The van der Waals surface area contributed by atoms with Crippen LogP contribution in [0.5, 0.6) is 0 Å². The fourth-order valence-corrected chi connectivity index (χ4v) is 9.07. The highest BCUT2D eigenvalue weighted by molar-refractivity contribution is 6.28. The molecule has 0 N–H and O–H groups in total. The standard InChI is InChI=1S/C51H36N2/c1-2-15-36(16-3-1)45-31-39(32-46(52-45)38-23-22-33-12-4-5-17-37(33)30-38)40-26-29-47(44-21-11-10-20-43(40)44)53-48-27-24-34-13-6-8-18-41(34)50(48)51-42-19-9-7-14-35(42)25-28-49(51)53/h1-2,4-15,17-30,32,39H,3,16,31H2. The molecular formula is C51H36N2. The molecule has 250 valence electrons. The van der Waals surface area contributed by atoms with Crippen molar-refractivity contribution in [2.45, 2.75) is 25.2 Å². The van der Waals surface area contributed by atoms with Gasteiger partial charge in [-0.2, -0.15) is 0 Å². The minimum atomic E-state index is 0.181. The lowest BCUT2D eigenvalue weighted by molar-refractivity contribution is 0.874. The Bertz CT molecular complexity index is 3000. The second kappa shape index (κ2) is 12.0. The number of aromatic nitrogens is 1. The minimum Gasteiger partial charge on any atom is -0.309 e. The predicted octanol–water partition coefficient (Wildman–Crippen LogP) is 13.6. The number of aliphatic imine (C=N–C) groups is 1. The highest BCUT2D eigenvalue weighted by atomic mass is 15.0. The van der Waals surface area contributed by atoms with Crippen LogP contribution in [0.15, 0.2) is 187 Å². The van der Waals surface area contributed by atoms with E-state index in [1.807, 2.05) is 0 Å². The summed E-state index contributed by atoms with van der Waals surface area (Å²) in [5, 5.41) is 12.8. The number of fused-ring (bicyclic) bond motifs is 9. The molecule has 2 aliphatic rings. The van der Waals surface area contributed by atoms with Gasteiger partial charge in [-0.15, -0.1) is 0 Å². The summed E-state index contributed by atoms with van der Waals surface area (Å²) in [4.78, 5) is 5.39. The molecule has 0 saturated carbocycles. The van der Waals surface area contributed by atoms with E-state index in [1.54, 1.807) is 0 Å². The first-order valence-corrected chi connectivity index (χ1v) is 18.8. The normalized spacial score (nSPS) is 16.2. The molecule has 53 heavy (non-hydrogen) atoms. The summed E-state index contributed by atoms with van der Waals surface area (Å²) in [6, 6.07) is 56.0. The van der Waals surface area contributed by atoms with Crippen molar-refractivity contribution in [1.82, 2.24) is 4.57 Å². The number of rotatable bonds is 4. The molecule has 2 nitrogen and oxygen atoms in total. The van der Waals surface area contributed by atoms with Crippen LogP contribution in [0, 0.1) is 0 Å². The lowest BCUT2D eigenvalue weighted by Gasteiger charge is -2.25. The van der Waals surface area contributed by atoms with Crippen molar-refractivity contribution in [3.8, 4) is 5.69 Å². The van der Waals surface area contributed by atoms with E-state index in [1.165, 1.54) is 93.0 Å². The first kappa shape index (κ1) is 30.1. The van der Waals surface area contributed by atoms with E-state index in [4.69, 9.17) is 4.99 Å². The van der Waals surface area contributed by atoms with Gasteiger partial charge in [-0.05, 0) is 85.9 Å². The predicted molar refractivity (Wildman–Crippen MR) is 226 cm³/mol. The Morgan fingerprint density at radius 2 is 1.17 bits per heavy atom. The van der Waals surface area contributed by atoms with Crippen molar-refractivity contribution >= 4 is 76.3 Å². The topological polar surface area (TPSA) is 17.3 Å². The molecule has 0 spiro atoms. The van der Waals surface area contributed by atoms with Gasteiger partial charge in [0.05, 0.1) is 22.4 Å². The summed E-state index contributed by atoms with van der Waals surface area (Å²) in [5.41, 5.74) is 9.81. The maximum absolute atomic E-state index is 5.39. The molecule has 0 saturated heterocycles. The van der Waals surface area contributed by atoms with Gasteiger partial charge in [0.15, 0.2) is 0 Å². The summed E-state index contributed by atoms with van der Waals surface area (Å²) in [5.74, 6) is 0.181. The third-order valence-electron chi connectivity index (χ3n) is 11.6. The van der Waals surface area contributed by atoms with E-state index in [9.17, 15) is 0 Å². The highest BCUT2D eigenvalue weighted by Crippen LogP contribution is 2.44. The second-order valence-corrected chi connectivity index (χ2v) is 14.6. The van der Waals surface area contributed by atoms with Gasteiger partial charge in [-0.1, -0.05) is 152 Å². The zero-order chi connectivity index (χ0) is 34.9. The third kappa shape index (κ3) is 4.83. The van der Waals surface area contributed by atoms with E-state index < -0.39 is 0 Å². The Morgan fingerprint density at radius 1 is 0.547 bits per heavy atom. The average Bonchev–Trinajstić information content (AvgIpc) is 3.58. The Balaban J connectivity index is 1.14. The van der Waals surface area contributed by atoms with Crippen molar-refractivity contribution < 1.29 is 0 Å². The highest BCUT2D eigenvalue weighted by Gasteiger charge is 2.25. The Morgan fingerprint density at radius 3 is 1.87 bits per heavy atom. The van der Waals surface area contributed by atoms with Crippen molar-refractivity contribution in [3.05, 3.63) is 193 Å². The number of allylic oxidation sites excluding steroid dienone is 5. The van der Waals surface area contributed by atoms with Gasteiger partial charge in [0.2, 0.25) is 0 Å². The molecule has 1 aliphatic carbocycles. The van der Waals surface area contributed by atoms with Gasteiger partial charge in [0.1, 0.15) is 0 Å². The van der Waals surface area contributed by atoms with E-state index in [0.29, 0.717) is 0 Å². The molecule has 0 fully saturated rings. The molecule has 8 aromatic carbocycles. The molecule has 1 unspecified atom stereocenters. The Labute approximate surface area is 308 Å². The number of nitrogens with zero attached hydrogens (tertiary/aromatic N) is 2. The van der Waals surface area contributed by atoms with E-state index in [-0.39, 0.29) is 5.92 Å². The fraction of sp³-hybridized carbons (Fsp3) is 0.0784. The number of benzene rings is 8. The van der Waals surface area contributed by atoms with E-state index >= 15 is 0 Å². The molecule has 1 aliphatic heterocycles. The van der Waals surface area contributed by atoms with Crippen LogP contribution in [0.4, 0.5) is 0 Å². The average molecular weight is 677 g/mol. The van der Waals surface area contributed by atoms with Gasteiger partial charge in [-0.25, -0.2) is 0 Å². The molecule has 0 amide bonds. The molecule has 0 radical (unpaired) electrons. The first-order chi connectivity index (χ1) is 26.3. The second-order valence-electron chi connectivity index (χ2n) is 14.6. The lowest BCUT2D eigenvalue weighted by Crippen LogP contribution is -2.14. The first-order valence-electron chi connectivity index (χ1n) is 18.8. The van der Waals surface area contributed by atoms with Gasteiger partial charge in [0.25, 0.3) is 0 Å². The van der Waals surface area contributed by atoms with Crippen LogP contribution in [0.2, 0.25) is 0 Å². The molecular weight excluding hydrogens is 641 g/mol. The van der Waals surface area contributed by atoms with Crippen LogP contribution in [0.1, 0.15) is 36.3 Å². The maximum atomic E-state index is 5.39. The molecule has 9 aromatic rings. The Kier molecular flexibility index (Phi) is 6.85. The fourth-order valence-electron chi connectivity index (χ4n) is 9.07. The van der Waals surface area contributed by atoms with Gasteiger partial charge in [0, 0.05) is 39.8 Å². The van der Waals surface area contributed by atoms with Gasteiger partial charge < -0.3 is 4.57 Å². The number of hydrogen-bond donors (Lipinski definition) is 0. The quantitative estimate of drug-likeness (QED) is 0.177. The van der Waals surface area contributed by atoms with Gasteiger partial charge >= 0.3 is 0 Å². The van der Waals surface area contributed by atoms with Crippen LogP contribution >= 0.6 is 0 Å². The van der Waals surface area contributed by atoms with E-state index in [0.717, 1.165) is 25.0 Å². The minimum absolute atomic E-state index is 0.181. The lowest BCUT2D eigenvalue weighted by atomic mass is 9.83. The smallest absolute Gasteiger partial charge is 0.0672 e. The molecule has 0 bridgehead atoms. The largest absolute Gasteiger partial charge is 0.309 e. The summed E-state index contributed by atoms with van der Waals surface area (Å²) >= 11 is 0. The van der Waals surface area contributed by atoms with Crippen LogP contribution < -0.4 is 0 Å². The van der Waals surface area contributed by atoms with Crippen molar-refractivity contribution in [1.29, 1.82) is 0 Å². The molecule has 2 heteroatoms. The van der Waals surface area contributed by atoms with E-state index in [2.05, 4.69) is 181 Å². The third-order valence-corrected chi connectivity index (χ3v) is 11.6. The van der Waals surface area contributed by atoms with Crippen LogP contribution in [0.25, 0.3) is 76.3 Å². The summed E-state index contributed by atoms with van der Waals surface area (Å²) < 4.78 is 2.51. The summed E-state index contributed by atoms with van der Waals surface area (Å²) in [7, 11) is 0. The molecule has 1 aromatic heterocycles. The van der Waals surface area contributed by atoms with Crippen LogP contribution in [-0.2, 0) is 0 Å². The Hall–Kier alpha value is -6.51. The monoisotopic (exact) mass is 676 g/mol. The number of hydrogen-bond acceptors (Lipinski definition) is 1. The summed E-state index contributed by atoms with van der Waals surface area (Å²) in [6.45, 7) is 0. The molecule has 2 heterocycles. The van der Waals surface area contributed by atoms with Crippen LogP contribution in [0.3, 0.4) is 0 Å². The maximum Gasteiger partial charge on any atom is 0.0672 e. The van der Waals surface area contributed by atoms with Crippen molar-refractivity contribution in [2.24, 2.45) is 4.99 Å². The zero-order valence-electron chi connectivity index (χ0n) is 29.3. The van der Waals surface area contributed by atoms with Crippen molar-refractivity contribution in [3.63, 3.8) is 0 Å².